The summed E-state index contributed by atoms with van der Waals surface area (Å²) in [5.74, 6) is 0.256. The first-order valence-electron chi connectivity index (χ1n) is 16.1. The van der Waals surface area contributed by atoms with Crippen LogP contribution >= 0.6 is 0 Å². The number of hydrogen-bond acceptors (Lipinski definition) is 8. The van der Waals surface area contributed by atoms with Crippen molar-refractivity contribution in [3.63, 3.8) is 0 Å². The summed E-state index contributed by atoms with van der Waals surface area (Å²) in [5.41, 5.74) is 3.27. The largest absolute Gasteiger partial charge is 0.496 e. The Balaban J connectivity index is 1.13. The van der Waals surface area contributed by atoms with Crippen molar-refractivity contribution in [2.75, 3.05) is 52.4 Å². The molecule has 2 saturated heterocycles. The predicted molar refractivity (Wildman–Crippen MR) is 166 cm³/mol. The molecule has 0 amide bonds. The van der Waals surface area contributed by atoms with Crippen LogP contribution in [0.25, 0.3) is 0 Å². The summed E-state index contributed by atoms with van der Waals surface area (Å²) in [4.78, 5) is 19.3. The van der Waals surface area contributed by atoms with Crippen LogP contribution < -0.4 is 14.8 Å². The third kappa shape index (κ3) is 7.64. The molecule has 2 N–H and O–H groups in total. The second-order valence-corrected chi connectivity index (χ2v) is 13.1. The minimum atomic E-state index is -1.04. The van der Waals surface area contributed by atoms with E-state index >= 15 is 4.39 Å². The van der Waals surface area contributed by atoms with Gasteiger partial charge in [0.05, 0.1) is 33.0 Å². The number of aryl methyl sites for hydroxylation is 1. The fraction of sp³-hybridized carbons (Fsp3) is 0.647. The summed E-state index contributed by atoms with van der Waals surface area (Å²) < 4.78 is 38.5. The first-order chi connectivity index (χ1) is 21.2. The van der Waals surface area contributed by atoms with Crippen molar-refractivity contribution in [1.82, 2.24) is 9.88 Å². The first-order valence-corrected chi connectivity index (χ1v) is 16.1. The zero-order chi connectivity index (χ0) is 31.3. The number of halogens is 1. The van der Waals surface area contributed by atoms with E-state index in [2.05, 4.69) is 25.2 Å². The first kappa shape index (κ1) is 32.4. The summed E-state index contributed by atoms with van der Waals surface area (Å²) in [6, 6.07) is 4.22. The zero-order valence-corrected chi connectivity index (χ0v) is 26.6. The number of aliphatic carboxylic acids is 1. The Morgan fingerprint density at radius 1 is 1.20 bits per heavy atom. The van der Waals surface area contributed by atoms with Gasteiger partial charge in [0, 0.05) is 49.1 Å². The summed E-state index contributed by atoms with van der Waals surface area (Å²) in [6.45, 7) is 7.45. The van der Waals surface area contributed by atoms with E-state index in [0.717, 1.165) is 81.6 Å². The molecular weight excluding hydrogens is 565 g/mol. The number of aromatic nitrogens is 1. The Morgan fingerprint density at radius 2 is 2.05 bits per heavy atom. The number of ether oxygens (including phenoxy) is 4. The number of nitrogens with one attached hydrogen (secondary N) is 1. The average molecular weight is 614 g/mol. The number of carboxylic acid groups (broad SMARTS) is 1. The number of carboxylic acids is 1. The second-order valence-electron chi connectivity index (χ2n) is 13.1. The number of anilines is 1. The van der Waals surface area contributed by atoms with Crippen LogP contribution in [-0.2, 0) is 27.1 Å². The van der Waals surface area contributed by atoms with Crippen LogP contribution in [0, 0.1) is 11.2 Å². The second kappa shape index (κ2) is 14.4. The van der Waals surface area contributed by atoms with E-state index < -0.39 is 17.8 Å². The summed E-state index contributed by atoms with van der Waals surface area (Å²) in [5, 5.41) is 13.7. The van der Waals surface area contributed by atoms with Crippen molar-refractivity contribution in [2.24, 2.45) is 5.41 Å². The van der Waals surface area contributed by atoms with Crippen LogP contribution in [0.2, 0.25) is 0 Å². The molecule has 3 aliphatic heterocycles. The molecule has 10 heteroatoms. The minimum absolute atomic E-state index is 0.0246. The molecule has 0 saturated carbocycles. The number of carbonyl (C=O) groups is 1. The Bertz CT molecular complexity index is 1280. The number of nitrogens with zero attached hydrogens (tertiary/aromatic N) is 2. The van der Waals surface area contributed by atoms with Gasteiger partial charge in [-0.05, 0) is 74.5 Å². The number of rotatable bonds is 13. The molecule has 1 aromatic carbocycles. The van der Waals surface area contributed by atoms with Crippen molar-refractivity contribution in [2.45, 2.75) is 89.9 Å². The van der Waals surface area contributed by atoms with Gasteiger partial charge in [0.15, 0.2) is 11.6 Å². The fourth-order valence-corrected chi connectivity index (χ4v) is 6.72. The number of methoxy groups -OCH3 is 2. The van der Waals surface area contributed by atoms with E-state index in [0.29, 0.717) is 37.4 Å². The molecule has 4 heterocycles. The molecule has 2 aromatic rings. The molecule has 0 aliphatic carbocycles. The Kier molecular flexibility index (Phi) is 10.6. The third-order valence-electron chi connectivity index (χ3n) is 9.18. The van der Waals surface area contributed by atoms with Crippen LogP contribution in [0.5, 0.6) is 11.5 Å². The topological polar surface area (TPSA) is 102 Å². The van der Waals surface area contributed by atoms with Gasteiger partial charge in [0.2, 0.25) is 0 Å². The molecule has 2 fully saturated rings. The average Bonchev–Trinajstić information content (AvgIpc) is 3.46. The van der Waals surface area contributed by atoms with Gasteiger partial charge < -0.3 is 29.4 Å². The summed E-state index contributed by atoms with van der Waals surface area (Å²) in [7, 11) is 3.10. The number of pyridine rings is 1. The van der Waals surface area contributed by atoms with Gasteiger partial charge in [-0.25, -0.2) is 9.37 Å². The molecule has 0 radical (unpaired) electrons. The van der Waals surface area contributed by atoms with Crippen LogP contribution in [0.4, 0.5) is 10.2 Å². The highest BCUT2D eigenvalue weighted by molar-refractivity contribution is 5.77. The lowest BCUT2D eigenvalue weighted by Gasteiger charge is -2.35. The molecule has 1 aromatic heterocycles. The van der Waals surface area contributed by atoms with Crippen molar-refractivity contribution < 1.29 is 33.2 Å². The van der Waals surface area contributed by atoms with Gasteiger partial charge >= 0.3 is 5.97 Å². The third-order valence-corrected chi connectivity index (χ3v) is 9.18. The van der Waals surface area contributed by atoms with Crippen LogP contribution in [-0.4, -0.2) is 74.1 Å². The quantitative estimate of drug-likeness (QED) is 0.259. The maximum Gasteiger partial charge on any atom is 0.325 e. The lowest BCUT2D eigenvalue weighted by Crippen LogP contribution is -2.34. The Morgan fingerprint density at radius 3 is 2.77 bits per heavy atom. The van der Waals surface area contributed by atoms with Crippen molar-refractivity contribution in [3.8, 4) is 11.5 Å². The van der Waals surface area contributed by atoms with Gasteiger partial charge in [-0.2, -0.15) is 0 Å². The van der Waals surface area contributed by atoms with Crippen molar-refractivity contribution in [3.05, 3.63) is 46.4 Å². The van der Waals surface area contributed by atoms with Crippen molar-refractivity contribution >= 4 is 11.8 Å². The lowest BCUT2D eigenvalue weighted by atomic mass is 9.83. The molecular formula is C34H48FN3O6. The molecule has 242 valence electrons. The maximum atomic E-state index is 15.3. The smallest absolute Gasteiger partial charge is 0.325 e. The highest BCUT2D eigenvalue weighted by Gasteiger charge is 2.38. The highest BCUT2D eigenvalue weighted by atomic mass is 19.1. The lowest BCUT2D eigenvalue weighted by molar-refractivity contribution is -0.143. The Labute approximate surface area is 260 Å². The highest BCUT2D eigenvalue weighted by Crippen LogP contribution is 2.41. The minimum Gasteiger partial charge on any atom is -0.496 e. The van der Waals surface area contributed by atoms with Gasteiger partial charge in [-0.15, -0.1) is 0 Å². The SMILES string of the molecule is COc1cc(CCCCCO[C@@H]2CCN(C(C(=O)O)c3cc([C@@H]4CCC(C)(C)CO4)cc(F)c3OC)C2)nc2c1CCCN2. The summed E-state index contributed by atoms with van der Waals surface area (Å²) >= 11 is 0. The molecule has 1 unspecified atom stereocenters. The van der Waals surface area contributed by atoms with E-state index in [9.17, 15) is 9.90 Å². The van der Waals surface area contributed by atoms with Crippen LogP contribution in [0.3, 0.4) is 0 Å². The van der Waals surface area contributed by atoms with Crippen molar-refractivity contribution in [1.29, 1.82) is 0 Å². The van der Waals surface area contributed by atoms with E-state index in [4.69, 9.17) is 23.9 Å². The number of benzene rings is 1. The molecule has 0 spiro atoms. The number of likely N-dealkylation sites (tertiary alicyclic amines) is 1. The van der Waals surface area contributed by atoms with E-state index in [1.54, 1.807) is 13.2 Å². The number of fused-ring (bicyclic) bond motifs is 1. The van der Waals surface area contributed by atoms with Gasteiger partial charge in [-0.3, -0.25) is 9.69 Å². The molecule has 3 aliphatic rings. The standard InChI is InChI=1S/C34H48FN3O6/c1-34(2)13-11-28(44-21-34)22-17-26(31(42-4)27(35)18-22)30(33(39)40)38-15-12-24(20-38)43-16-7-5-6-9-23-19-29(41-3)25-10-8-14-36-32(25)37-23/h17-19,24,28,30H,5-16,20-21H2,1-4H3,(H,36,37)(H,39,40)/t24-,28+,30?/m1/s1. The zero-order valence-electron chi connectivity index (χ0n) is 26.6. The van der Waals surface area contributed by atoms with Gasteiger partial charge in [0.25, 0.3) is 0 Å². The van der Waals surface area contributed by atoms with E-state index in [-0.39, 0.29) is 23.4 Å². The normalized spacial score (nSPS) is 22.2. The van der Waals surface area contributed by atoms with Crippen LogP contribution in [0.1, 0.15) is 93.3 Å². The molecule has 3 atom stereocenters. The molecule has 9 nitrogen and oxygen atoms in total. The van der Waals surface area contributed by atoms with E-state index in [1.165, 1.54) is 18.7 Å². The predicted octanol–water partition coefficient (Wildman–Crippen LogP) is 6.10. The molecule has 5 rings (SSSR count). The van der Waals surface area contributed by atoms with Gasteiger partial charge in [0.1, 0.15) is 17.6 Å². The number of hydrogen-bond donors (Lipinski definition) is 2. The fourth-order valence-electron chi connectivity index (χ4n) is 6.72. The maximum absolute atomic E-state index is 15.3. The number of unbranched alkanes of at least 4 members (excludes halogenated alkanes) is 2. The van der Waals surface area contributed by atoms with Crippen LogP contribution in [0.15, 0.2) is 18.2 Å². The Hall–Kier alpha value is -2.95. The molecule has 44 heavy (non-hydrogen) atoms. The molecule has 0 bridgehead atoms. The monoisotopic (exact) mass is 613 g/mol. The summed E-state index contributed by atoms with van der Waals surface area (Å²) in [6.07, 6.45) is 7.97. The van der Waals surface area contributed by atoms with E-state index in [1.807, 2.05) is 4.90 Å². The van der Waals surface area contributed by atoms with Gasteiger partial charge in [-0.1, -0.05) is 20.3 Å².